The van der Waals surface area contributed by atoms with Crippen molar-refractivity contribution < 1.29 is 26.3 Å². The average molecular weight is 458 g/mol. The molecule has 0 aliphatic heterocycles. The van der Waals surface area contributed by atoms with Gasteiger partial charge in [-0.2, -0.15) is 14.8 Å². The van der Waals surface area contributed by atoms with Crippen molar-refractivity contribution in [3.63, 3.8) is 0 Å². The second kappa shape index (κ2) is 8.62. The molecule has 4 aromatic heterocycles. The largest absolute Gasteiger partial charge is 1.00 e. The predicted molar refractivity (Wildman–Crippen MR) is 104 cm³/mol. The summed E-state index contributed by atoms with van der Waals surface area (Å²) in [6, 6.07) is 11.8. The number of carbonyl (C=O) groups excluding carboxylic acids is 1. The molecule has 0 unspecified atom stereocenters. The number of halogens is 1. The molecule has 0 atom stereocenters. The van der Waals surface area contributed by atoms with Crippen molar-refractivity contribution in [2.75, 3.05) is 0 Å². The zero-order valence-electron chi connectivity index (χ0n) is 15.6. The molecule has 0 spiro atoms. The summed E-state index contributed by atoms with van der Waals surface area (Å²) in [6.07, 6.45) is 3.85. The van der Waals surface area contributed by atoms with Crippen molar-refractivity contribution in [2.24, 2.45) is 0 Å². The summed E-state index contributed by atoms with van der Waals surface area (Å²) in [4.78, 5) is 13.1. The zero-order chi connectivity index (χ0) is 18.8. The summed E-state index contributed by atoms with van der Waals surface area (Å²) >= 11 is 1.47. The van der Waals surface area contributed by atoms with Gasteiger partial charge in [0.15, 0.2) is 12.4 Å². The number of Topliss-reactive ketones (excluding diaryl/α,β-unsaturated/α-hetero) is 1. The Morgan fingerprint density at radius 3 is 2.82 bits per heavy atom. The number of thiophene rings is 1. The molecule has 4 rings (SSSR count). The van der Waals surface area contributed by atoms with Gasteiger partial charge in [0.25, 0.3) is 0 Å². The summed E-state index contributed by atoms with van der Waals surface area (Å²) in [5, 5.41) is 13.9. The maximum Gasteiger partial charge on any atom is 0.237 e. The van der Waals surface area contributed by atoms with Crippen LogP contribution in [0.4, 0.5) is 0 Å². The molecule has 0 bridgehead atoms. The van der Waals surface area contributed by atoms with E-state index in [4.69, 9.17) is 0 Å². The molecule has 6 nitrogen and oxygen atoms in total. The Kier molecular flexibility index (Phi) is 6.21. The van der Waals surface area contributed by atoms with Crippen LogP contribution in [0.5, 0.6) is 0 Å². The normalized spacial score (nSPS) is 10.6. The van der Waals surface area contributed by atoms with Gasteiger partial charge >= 0.3 is 0 Å². The Hall–Kier alpha value is -2.58. The quantitative estimate of drug-likeness (QED) is 0.331. The smallest absolute Gasteiger partial charge is 0.237 e. The summed E-state index contributed by atoms with van der Waals surface area (Å²) in [7, 11) is 0. The molecular weight excluding hydrogens is 438 g/mol. The number of pyridine rings is 1. The van der Waals surface area contributed by atoms with Crippen LogP contribution in [0.2, 0.25) is 0 Å². The molecule has 0 amide bonds. The number of carbonyl (C=O) groups is 1. The highest BCUT2D eigenvalue weighted by molar-refractivity contribution is 7.12. The van der Waals surface area contributed by atoms with Gasteiger partial charge < -0.3 is 17.0 Å². The first-order valence-corrected chi connectivity index (χ1v) is 9.58. The minimum absolute atomic E-state index is 0. The van der Waals surface area contributed by atoms with E-state index >= 15 is 0 Å². The number of aromatic nitrogens is 5. The number of nitrogens with zero attached hydrogens (tertiary/aromatic N) is 4. The lowest BCUT2D eigenvalue weighted by molar-refractivity contribution is -0.682. The molecule has 1 N–H and O–H groups in total. The lowest BCUT2D eigenvalue weighted by atomic mass is 10.2. The first-order valence-electron chi connectivity index (χ1n) is 8.70. The molecule has 0 aromatic carbocycles. The van der Waals surface area contributed by atoms with Gasteiger partial charge in [-0.1, -0.05) is 6.07 Å². The molecule has 144 valence electrons. The van der Waals surface area contributed by atoms with Crippen molar-refractivity contribution >= 4 is 17.1 Å². The molecule has 4 aromatic rings. The molecule has 8 heteroatoms. The topological polar surface area (TPSA) is 67.4 Å². The van der Waals surface area contributed by atoms with E-state index in [1.165, 1.54) is 11.3 Å². The molecule has 0 aliphatic rings. The minimum atomic E-state index is 0. The van der Waals surface area contributed by atoms with Crippen LogP contribution in [0.1, 0.15) is 26.8 Å². The number of aryl methyl sites for hydroxylation is 2. The lowest BCUT2D eigenvalue weighted by Gasteiger charge is -2.01. The summed E-state index contributed by atoms with van der Waals surface area (Å²) < 4.78 is 3.85. The van der Waals surface area contributed by atoms with Crippen LogP contribution < -0.4 is 21.5 Å². The van der Waals surface area contributed by atoms with Crippen molar-refractivity contribution in [3.8, 4) is 11.3 Å². The van der Waals surface area contributed by atoms with Gasteiger partial charge in [-0.25, -0.2) is 0 Å². The molecule has 0 fully saturated rings. The number of hydrogen-bond donors (Lipinski definition) is 1. The van der Waals surface area contributed by atoms with Gasteiger partial charge in [-0.05, 0) is 43.5 Å². The molecule has 4 heterocycles. The van der Waals surface area contributed by atoms with Gasteiger partial charge in [-0.15, -0.1) is 11.3 Å². The van der Waals surface area contributed by atoms with Crippen LogP contribution >= 0.6 is 11.3 Å². The first-order chi connectivity index (χ1) is 13.1. The van der Waals surface area contributed by atoms with Crippen LogP contribution in [0, 0.1) is 13.8 Å². The maximum atomic E-state index is 12.3. The highest BCUT2D eigenvalue weighted by Crippen LogP contribution is 2.17. The Bertz CT molecular complexity index is 1080. The monoisotopic (exact) mass is 457 g/mol. The first kappa shape index (κ1) is 20.2. The second-order valence-electron chi connectivity index (χ2n) is 6.53. The van der Waals surface area contributed by atoms with Crippen LogP contribution in [0.15, 0.2) is 54.2 Å². The number of rotatable bonds is 6. The van der Waals surface area contributed by atoms with Crippen molar-refractivity contribution in [1.82, 2.24) is 20.0 Å². The molecular formula is C20H20BrN5OS. The number of ketones is 1. The van der Waals surface area contributed by atoms with E-state index in [1.54, 1.807) is 0 Å². The van der Waals surface area contributed by atoms with Crippen LogP contribution in [0.25, 0.3) is 11.3 Å². The van der Waals surface area contributed by atoms with Crippen molar-refractivity contribution in [2.45, 2.75) is 26.9 Å². The molecule has 0 saturated carbocycles. The Labute approximate surface area is 177 Å². The van der Waals surface area contributed by atoms with Crippen molar-refractivity contribution in [1.29, 1.82) is 0 Å². The Morgan fingerprint density at radius 1 is 1.25 bits per heavy atom. The summed E-state index contributed by atoms with van der Waals surface area (Å²) in [6.45, 7) is 5.00. The van der Waals surface area contributed by atoms with E-state index in [0.29, 0.717) is 13.1 Å². The fraction of sp³-hybridized carbons (Fsp3) is 0.200. The van der Waals surface area contributed by atoms with E-state index in [1.807, 2.05) is 71.2 Å². The Balaban J connectivity index is 0.00000225. The van der Waals surface area contributed by atoms with E-state index in [2.05, 4.69) is 21.4 Å². The van der Waals surface area contributed by atoms with Gasteiger partial charge in [0, 0.05) is 11.8 Å². The van der Waals surface area contributed by atoms with Crippen molar-refractivity contribution in [3.05, 3.63) is 76.1 Å². The SMILES string of the molecule is Cc1cc(C)n(Cc2cc(-c3ccc[n+](CC(=O)c4cccs4)c3)n[nH]2)n1.[Br-]. The second-order valence-corrected chi connectivity index (χ2v) is 7.48. The summed E-state index contributed by atoms with van der Waals surface area (Å²) in [5.74, 6) is 0.111. The Morgan fingerprint density at radius 2 is 2.11 bits per heavy atom. The number of hydrogen-bond acceptors (Lipinski definition) is 4. The third-order valence-corrected chi connectivity index (χ3v) is 5.24. The number of H-pyrrole nitrogens is 1. The highest BCUT2D eigenvalue weighted by Gasteiger charge is 2.15. The number of aromatic amines is 1. The predicted octanol–water partition coefficient (Wildman–Crippen LogP) is 0.174. The summed E-state index contributed by atoms with van der Waals surface area (Å²) in [5.41, 5.74) is 4.93. The standard InChI is InChI=1S/C20H20N5OS.BrH/c1-14-9-15(2)25(23-14)12-17-10-18(22-21-17)16-5-3-7-24(11-16)13-19(26)20-6-4-8-27-20;/h3-11H,12-13H2,1-2H3,(H,21,22);1H/q+1;/p-1. The van der Waals surface area contributed by atoms with Crippen LogP contribution in [0.3, 0.4) is 0 Å². The van der Waals surface area contributed by atoms with Crippen LogP contribution in [-0.2, 0) is 13.1 Å². The third kappa shape index (κ3) is 4.45. The fourth-order valence-corrected chi connectivity index (χ4v) is 3.70. The molecule has 0 saturated heterocycles. The van der Waals surface area contributed by atoms with Gasteiger partial charge in [0.2, 0.25) is 12.3 Å². The van der Waals surface area contributed by atoms with E-state index in [0.717, 1.165) is 33.2 Å². The third-order valence-electron chi connectivity index (χ3n) is 4.33. The zero-order valence-corrected chi connectivity index (χ0v) is 18.0. The van der Waals surface area contributed by atoms with E-state index < -0.39 is 0 Å². The van der Waals surface area contributed by atoms with E-state index in [-0.39, 0.29) is 22.8 Å². The lowest BCUT2D eigenvalue weighted by Crippen LogP contribution is -3.00. The van der Waals surface area contributed by atoms with Gasteiger partial charge in [-0.3, -0.25) is 14.6 Å². The fourth-order valence-electron chi connectivity index (χ4n) is 3.04. The minimum Gasteiger partial charge on any atom is -1.00 e. The molecule has 0 aliphatic carbocycles. The molecule has 0 radical (unpaired) electrons. The highest BCUT2D eigenvalue weighted by atomic mass is 79.9. The average Bonchev–Trinajstić information content (AvgIpc) is 3.38. The van der Waals surface area contributed by atoms with Gasteiger partial charge in [0.1, 0.15) is 0 Å². The van der Waals surface area contributed by atoms with Crippen LogP contribution in [-0.4, -0.2) is 25.8 Å². The van der Waals surface area contributed by atoms with Gasteiger partial charge in [0.05, 0.1) is 34.1 Å². The number of nitrogens with one attached hydrogen (secondary N) is 1. The maximum absolute atomic E-state index is 12.3. The van der Waals surface area contributed by atoms with E-state index in [9.17, 15) is 4.79 Å². The molecule has 28 heavy (non-hydrogen) atoms.